The molecule has 2 aromatic carbocycles. The summed E-state index contributed by atoms with van der Waals surface area (Å²) in [7, 11) is -2.02. The molecule has 0 aliphatic carbocycles. The predicted octanol–water partition coefficient (Wildman–Crippen LogP) is 15.8. The monoisotopic (exact) mass is 846 g/mol. The molecule has 0 aliphatic heterocycles. The molecule has 0 atom stereocenters. The van der Waals surface area contributed by atoms with Gasteiger partial charge in [0.1, 0.15) is 0 Å². The molecular formula is C43H76HfN3P. The number of hydrogen-bond acceptors (Lipinski definition) is 1. The Balaban J connectivity index is -0.00000102. The van der Waals surface area contributed by atoms with Gasteiger partial charge >= 0.3 is 25.8 Å². The number of rotatable bonds is 8. The van der Waals surface area contributed by atoms with Crippen LogP contribution in [0.5, 0.6) is 0 Å². The fourth-order valence-electron chi connectivity index (χ4n) is 6.97. The van der Waals surface area contributed by atoms with Gasteiger partial charge in [-0.05, 0) is 57.2 Å². The summed E-state index contributed by atoms with van der Waals surface area (Å²) in [5.41, 5.74) is 8.19. The molecule has 0 heterocycles. The number of hydrogen-bond donors (Lipinski definition) is 0. The zero-order valence-electron chi connectivity index (χ0n) is 35.6. The molecule has 0 fully saturated rings. The first-order chi connectivity index (χ1) is 20.1. The van der Waals surface area contributed by atoms with Crippen LogP contribution in [0.1, 0.15) is 184 Å². The van der Waals surface area contributed by atoms with Crippen LogP contribution >= 0.6 is 7.05 Å². The standard InChI is InChI=1S/C29H43N2.C12H27NP.2CH3.Hf/c1-18(2)23-14-12-15-24(19(3)4)27(23)30-22(9)29(10,11)31-28-25(20(5)6)16-13-17-26(28)21(7)8;1-10(2,3)14(13,11(4,5)6)12(7,8)9;;;/h12-21H,1-11H3;1-9H3;2*1H3;/q4*-1;+4. The third kappa shape index (κ3) is 12.1. The molecule has 2 aromatic rings. The number of benzene rings is 2. The SMILES string of the molecule is CC(=Nc1c(C(C)C)cccc1C(C)C)C(C)(C)[N-]c1c(C(C)C)cccc1C(C)C.CC(C)(C)P(=[N-])(C(C)(C)C)C(C)(C)C.[CH3-].[CH3-].[Hf+4]. The molecule has 0 spiro atoms. The van der Waals surface area contributed by atoms with E-state index in [0.717, 1.165) is 17.1 Å². The first-order valence-corrected chi connectivity index (χ1v) is 19.0. The maximum absolute atomic E-state index is 11.1. The van der Waals surface area contributed by atoms with Gasteiger partial charge in [0.25, 0.3) is 0 Å². The van der Waals surface area contributed by atoms with E-state index in [0.29, 0.717) is 23.7 Å². The molecule has 0 radical (unpaired) electrons. The molecule has 5 heteroatoms. The Morgan fingerprint density at radius 2 is 0.854 bits per heavy atom. The molecule has 272 valence electrons. The van der Waals surface area contributed by atoms with Gasteiger partial charge in [0, 0.05) is 5.71 Å². The van der Waals surface area contributed by atoms with Crippen LogP contribution in [0.2, 0.25) is 0 Å². The average molecular weight is 845 g/mol. The summed E-state index contributed by atoms with van der Waals surface area (Å²) >= 11 is 0. The van der Waals surface area contributed by atoms with Crippen molar-refractivity contribution in [3.05, 3.63) is 84.0 Å². The number of para-hydroxylation sites is 2. The predicted molar refractivity (Wildman–Crippen MR) is 221 cm³/mol. The summed E-state index contributed by atoms with van der Waals surface area (Å²) < 4.78 is 0. The molecule has 0 bridgehead atoms. The zero-order valence-corrected chi connectivity index (χ0v) is 40.0. The van der Waals surface area contributed by atoms with Crippen LogP contribution in [-0.4, -0.2) is 26.7 Å². The Hall–Kier alpha value is -0.990. The van der Waals surface area contributed by atoms with Crippen LogP contribution < -0.4 is 0 Å². The van der Waals surface area contributed by atoms with Crippen molar-refractivity contribution in [1.82, 2.24) is 0 Å². The van der Waals surface area contributed by atoms with Gasteiger partial charge in [0.15, 0.2) is 0 Å². The van der Waals surface area contributed by atoms with Crippen LogP contribution in [0.15, 0.2) is 41.4 Å². The fraction of sp³-hybridized carbons (Fsp3) is 0.651. The third-order valence-corrected chi connectivity index (χ3v) is 15.0. The van der Waals surface area contributed by atoms with Gasteiger partial charge in [0.05, 0.1) is 5.69 Å². The molecule has 48 heavy (non-hydrogen) atoms. The molecular weight excluding hydrogens is 768 g/mol. The van der Waals surface area contributed by atoms with Crippen molar-refractivity contribution in [3.8, 4) is 0 Å². The molecule has 0 aromatic heterocycles. The maximum atomic E-state index is 11.1. The summed E-state index contributed by atoms with van der Waals surface area (Å²) in [5, 5.41) is 16.4. The van der Waals surface area contributed by atoms with Crippen molar-refractivity contribution in [1.29, 1.82) is 0 Å². The van der Waals surface area contributed by atoms with Gasteiger partial charge in [-0.15, -0.1) is 5.69 Å². The number of nitrogens with zero attached hydrogens (tertiary/aromatic N) is 3. The Morgan fingerprint density at radius 1 is 0.583 bits per heavy atom. The second kappa shape index (κ2) is 19.0. The Kier molecular flexibility index (Phi) is 20.4. The quantitative estimate of drug-likeness (QED) is 0.110. The second-order valence-electron chi connectivity index (χ2n) is 17.7. The first-order valence-electron chi connectivity index (χ1n) is 17.3. The normalized spacial score (nSPS) is 13.0. The minimum absolute atomic E-state index is 0. The molecule has 2 rings (SSSR count). The molecule has 3 nitrogen and oxygen atoms in total. The van der Waals surface area contributed by atoms with Gasteiger partial charge in [-0.2, -0.15) is 0 Å². The fourth-order valence-corrected chi connectivity index (χ4v) is 13.0. The third-order valence-electron chi connectivity index (χ3n) is 9.15. The van der Waals surface area contributed by atoms with Gasteiger partial charge in [0.2, 0.25) is 0 Å². The van der Waals surface area contributed by atoms with E-state index >= 15 is 0 Å². The van der Waals surface area contributed by atoms with Gasteiger partial charge in [-0.1, -0.05) is 185 Å². The van der Waals surface area contributed by atoms with Crippen molar-refractivity contribution in [3.63, 3.8) is 0 Å². The molecule has 0 N–H and O–H groups in total. The molecule has 0 unspecified atom stereocenters. The van der Waals surface area contributed by atoms with Crippen molar-refractivity contribution in [2.24, 2.45) is 4.99 Å². The molecule has 0 amide bonds. The van der Waals surface area contributed by atoms with Crippen molar-refractivity contribution < 1.29 is 25.8 Å². The van der Waals surface area contributed by atoms with Gasteiger partial charge in [-0.25, -0.2) is 7.05 Å². The van der Waals surface area contributed by atoms with Crippen molar-refractivity contribution in [2.75, 3.05) is 0 Å². The number of aliphatic imine (C=N–C) groups is 1. The summed E-state index contributed by atoms with van der Waals surface area (Å²) in [4.78, 5) is 5.24. The van der Waals surface area contributed by atoms with Crippen LogP contribution in [0.25, 0.3) is 10.5 Å². The maximum Gasteiger partial charge on any atom is 4.00 e. The summed E-state index contributed by atoms with van der Waals surface area (Å²) in [6.07, 6.45) is 0. The Labute approximate surface area is 320 Å². The average Bonchev–Trinajstić information content (AvgIpc) is 2.85. The van der Waals surface area contributed by atoms with Crippen LogP contribution in [0.4, 0.5) is 11.4 Å². The Morgan fingerprint density at radius 3 is 1.08 bits per heavy atom. The van der Waals surface area contributed by atoms with E-state index in [1.54, 1.807) is 0 Å². The topological polar surface area (TPSA) is 48.8 Å². The molecule has 0 aliphatic rings. The van der Waals surface area contributed by atoms with Gasteiger partial charge in [-0.3, -0.25) is 4.99 Å². The van der Waals surface area contributed by atoms with E-state index in [9.17, 15) is 5.16 Å². The van der Waals surface area contributed by atoms with Gasteiger partial charge < -0.3 is 25.3 Å². The zero-order chi connectivity index (χ0) is 35.5. The van der Waals surface area contributed by atoms with Crippen molar-refractivity contribution in [2.45, 2.75) is 183 Å². The summed E-state index contributed by atoms with van der Waals surface area (Å²) in [5.74, 6) is 1.72. The van der Waals surface area contributed by atoms with E-state index in [4.69, 9.17) is 10.3 Å². The Bertz CT molecular complexity index is 1250. The van der Waals surface area contributed by atoms with E-state index < -0.39 is 12.6 Å². The van der Waals surface area contributed by atoms with E-state index in [1.807, 2.05) is 0 Å². The second-order valence-corrected chi connectivity index (χ2v) is 23.0. The summed E-state index contributed by atoms with van der Waals surface area (Å²) in [6, 6.07) is 13.2. The van der Waals surface area contributed by atoms with Crippen LogP contribution in [0, 0.1) is 14.9 Å². The molecule has 0 saturated heterocycles. The molecule has 0 saturated carbocycles. The smallest absolute Gasteiger partial charge is 0.807 e. The minimum Gasteiger partial charge on any atom is -0.807 e. The minimum atomic E-state index is -2.02. The van der Waals surface area contributed by atoms with E-state index in [2.05, 4.69) is 175 Å². The van der Waals surface area contributed by atoms with E-state index in [-0.39, 0.29) is 56.2 Å². The van der Waals surface area contributed by atoms with Crippen molar-refractivity contribution >= 4 is 24.1 Å². The van der Waals surface area contributed by atoms with Crippen LogP contribution in [0.3, 0.4) is 0 Å². The van der Waals surface area contributed by atoms with Crippen LogP contribution in [-0.2, 0) is 25.8 Å². The van der Waals surface area contributed by atoms with E-state index in [1.165, 1.54) is 22.3 Å². The first kappa shape index (κ1) is 51.4. The largest absolute Gasteiger partial charge is 4.00 e. The summed E-state index contributed by atoms with van der Waals surface area (Å²) in [6.45, 7) is 44.0.